The van der Waals surface area contributed by atoms with Crippen LogP contribution >= 0.6 is 11.3 Å². The molecule has 4 rings (SSSR count). The molecule has 0 aliphatic rings. The number of aromatic nitrogens is 1. The fraction of sp³-hybridized carbons (Fsp3) is 0.125. The zero-order valence-corrected chi connectivity index (χ0v) is 17.2. The Kier molecular flexibility index (Phi) is 5.81. The predicted octanol–water partition coefficient (Wildman–Crippen LogP) is 8.11. The zero-order valence-electron chi connectivity index (χ0n) is 16.3. The largest absolute Gasteiger partial charge is 0.416 e. The highest BCUT2D eigenvalue weighted by atomic mass is 32.1. The minimum Gasteiger partial charge on any atom is -0.264 e. The summed E-state index contributed by atoms with van der Waals surface area (Å²) < 4.78 is 77.7. The molecule has 0 bridgehead atoms. The summed E-state index contributed by atoms with van der Waals surface area (Å²) in [5.41, 5.74) is 2.17. The molecular formula is C24H15F6NS. The molecule has 164 valence electrons. The number of hydrogen-bond donors (Lipinski definition) is 0. The first-order valence-corrected chi connectivity index (χ1v) is 10.4. The third-order valence-corrected chi connectivity index (χ3v) is 6.07. The molecule has 0 radical (unpaired) electrons. The molecule has 0 atom stereocenters. The maximum Gasteiger partial charge on any atom is 0.416 e. The van der Waals surface area contributed by atoms with Crippen molar-refractivity contribution in [1.82, 2.24) is 4.98 Å². The molecule has 2 aromatic heterocycles. The quantitative estimate of drug-likeness (QED) is 0.279. The van der Waals surface area contributed by atoms with E-state index < -0.39 is 23.5 Å². The number of alkyl halides is 6. The van der Waals surface area contributed by atoms with E-state index in [9.17, 15) is 26.3 Å². The van der Waals surface area contributed by atoms with Gasteiger partial charge in [0.1, 0.15) is 0 Å². The molecule has 1 nitrogen and oxygen atoms in total. The summed E-state index contributed by atoms with van der Waals surface area (Å²) >= 11 is 1.34. The summed E-state index contributed by atoms with van der Waals surface area (Å²) in [4.78, 5) is 4.86. The summed E-state index contributed by atoms with van der Waals surface area (Å²) in [7, 11) is 0. The second kappa shape index (κ2) is 8.43. The lowest BCUT2D eigenvalue weighted by molar-refractivity contribution is -0.138. The van der Waals surface area contributed by atoms with Crippen LogP contribution < -0.4 is 0 Å². The van der Waals surface area contributed by atoms with Gasteiger partial charge in [-0.15, -0.1) is 11.3 Å². The fourth-order valence-electron chi connectivity index (χ4n) is 3.40. The molecule has 0 unspecified atom stereocenters. The molecule has 0 fully saturated rings. The minimum absolute atomic E-state index is 0.435. The first kappa shape index (κ1) is 22.1. The fourth-order valence-corrected chi connectivity index (χ4v) is 4.51. The van der Waals surface area contributed by atoms with Crippen molar-refractivity contribution in [1.29, 1.82) is 0 Å². The number of thiophene rings is 1. The van der Waals surface area contributed by atoms with E-state index in [0.29, 0.717) is 17.5 Å². The molecule has 0 spiro atoms. The van der Waals surface area contributed by atoms with Gasteiger partial charge in [0.2, 0.25) is 0 Å². The van der Waals surface area contributed by atoms with Crippen molar-refractivity contribution in [2.45, 2.75) is 18.8 Å². The average Bonchev–Trinajstić information content (AvgIpc) is 3.17. The summed E-state index contributed by atoms with van der Waals surface area (Å²) in [6.45, 7) is 0. The molecule has 4 aromatic rings. The van der Waals surface area contributed by atoms with E-state index in [0.717, 1.165) is 45.8 Å². The van der Waals surface area contributed by atoms with Gasteiger partial charge in [-0.05, 0) is 63.5 Å². The van der Waals surface area contributed by atoms with Crippen LogP contribution in [-0.2, 0) is 18.8 Å². The maximum absolute atomic E-state index is 12.9. The first-order chi connectivity index (χ1) is 15.1. The Bertz CT molecular complexity index is 1120. The van der Waals surface area contributed by atoms with Crippen molar-refractivity contribution in [3.8, 4) is 21.6 Å². The Balaban J connectivity index is 1.78. The highest BCUT2D eigenvalue weighted by Crippen LogP contribution is 2.41. The van der Waals surface area contributed by atoms with Gasteiger partial charge in [0.05, 0.1) is 11.1 Å². The number of benzene rings is 2. The monoisotopic (exact) mass is 463 g/mol. The van der Waals surface area contributed by atoms with Crippen LogP contribution in [0.2, 0.25) is 0 Å². The second-order valence-corrected chi connectivity index (χ2v) is 8.02. The van der Waals surface area contributed by atoms with E-state index in [4.69, 9.17) is 0 Å². The molecule has 32 heavy (non-hydrogen) atoms. The number of hydrogen-bond acceptors (Lipinski definition) is 2. The SMILES string of the molecule is FC(F)(F)c1ccc(-c2csc(-c3ccc(C(F)(F)F)cc3)c2Cc2cccnc2)cc1. The molecular weight excluding hydrogens is 448 g/mol. The summed E-state index contributed by atoms with van der Waals surface area (Å²) in [6, 6.07) is 13.4. The topological polar surface area (TPSA) is 12.9 Å². The van der Waals surface area contributed by atoms with Crippen LogP contribution in [-0.4, -0.2) is 4.98 Å². The smallest absolute Gasteiger partial charge is 0.264 e. The van der Waals surface area contributed by atoms with Gasteiger partial charge in [0, 0.05) is 23.7 Å². The van der Waals surface area contributed by atoms with Gasteiger partial charge in [-0.3, -0.25) is 4.98 Å². The van der Waals surface area contributed by atoms with E-state index in [1.54, 1.807) is 18.5 Å². The highest BCUT2D eigenvalue weighted by Gasteiger charge is 2.31. The number of nitrogens with zero attached hydrogens (tertiary/aromatic N) is 1. The second-order valence-electron chi connectivity index (χ2n) is 7.15. The van der Waals surface area contributed by atoms with E-state index in [1.807, 2.05) is 11.4 Å². The molecule has 0 amide bonds. The molecule has 0 aliphatic carbocycles. The Labute approximate surface area is 184 Å². The van der Waals surface area contributed by atoms with Crippen LogP contribution in [0.3, 0.4) is 0 Å². The van der Waals surface area contributed by atoms with Gasteiger partial charge in [0.25, 0.3) is 0 Å². The van der Waals surface area contributed by atoms with Gasteiger partial charge in [-0.1, -0.05) is 30.3 Å². The van der Waals surface area contributed by atoms with Gasteiger partial charge in [0.15, 0.2) is 0 Å². The van der Waals surface area contributed by atoms with Crippen LogP contribution in [0.25, 0.3) is 21.6 Å². The van der Waals surface area contributed by atoms with E-state index in [2.05, 4.69) is 4.98 Å². The predicted molar refractivity (Wildman–Crippen MR) is 112 cm³/mol. The third-order valence-electron chi connectivity index (χ3n) is 5.00. The Hall–Kier alpha value is -3.13. The highest BCUT2D eigenvalue weighted by molar-refractivity contribution is 7.14. The van der Waals surface area contributed by atoms with Gasteiger partial charge in [-0.2, -0.15) is 26.3 Å². The van der Waals surface area contributed by atoms with Crippen molar-refractivity contribution >= 4 is 11.3 Å². The summed E-state index contributed by atoms with van der Waals surface area (Å²) in [5.74, 6) is 0. The molecule has 8 heteroatoms. The van der Waals surface area contributed by atoms with Crippen LogP contribution in [0.4, 0.5) is 26.3 Å². The molecule has 0 aliphatic heterocycles. The Morgan fingerprint density at radius 3 is 1.78 bits per heavy atom. The Morgan fingerprint density at radius 1 is 0.719 bits per heavy atom. The molecule has 2 heterocycles. The number of pyridine rings is 1. The first-order valence-electron chi connectivity index (χ1n) is 9.47. The van der Waals surface area contributed by atoms with Gasteiger partial charge in [-0.25, -0.2) is 0 Å². The van der Waals surface area contributed by atoms with Crippen molar-refractivity contribution in [3.05, 3.63) is 101 Å². The van der Waals surface area contributed by atoms with E-state index in [-0.39, 0.29) is 0 Å². The normalized spacial score (nSPS) is 12.2. The lowest BCUT2D eigenvalue weighted by Gasteiger charge is -2.11. The summed E-state index contributed by atoms with van der Waals surface area (Å²) in [5, 5.41) is 1.82. The van der Waals surface area contributed by atoms with Crippen molar-refractivity contribution < 1.29 is 26.3 Å². The molecule has 0 saturated heterocycles. The van der Waals surface area contributed by atoms with Crippen LogP contribution in [0.5, 0.6) is 0 Å². The van der Waals surface area contributed by atoms with Crippen molar-refractivity contribution in [2.24, 2.45) is 0 Å². The van der Waals surface area contributed by atoms with E-state index in [1.165, 1.54) is 35.6 Å². The van der Waals surface area contributed by atoms with Gasteiger partial charge >= 0.3 is 12.4 Å². The van der Waals surface area contributed by atoms with Crippen molar-refractivity contribution in [2.75, 3.05) is 0 Å². The van der Waals surface area contributed by atoms with Crippen molar-refractivity contribution in [3.63, 3.8) is 0 Å². The average molecular weight is 463 g/mol. The van der Waals surface area contributed by atoms with E-state index >= 15 is 0 Å². The zero-order chi connectivity index (χ0) is 22.9. The number of halogens is 6. The minimum atomic E-state index is -4.43. The van der Waals surface area contributed by atoms with Crippen LogP contribution in [0, 0.1) is 0 Å². The summed E-state index contributed by atoms with van der Waals surface area (Å²) in [6.07, 6.45) is -5.12. The Morgan fingerprint density at radius 2 is 1.28 bits per heavy atom. The third kappa shape index (κ3) is 4.70. The van der Waals surface area contributed by atoms with Gasteiger partial charge < -0.3 is 0 Å². The lowest BCUT2D eigenvalue weighted by atomic mass is 9.95. The molecule has 0 saturated carbocycles. The standard InChI is InChI=1S/C24H15F6NS/c25-23(26,27)18-7-3-16(4-8-18)21-14-32-22(20(21)12-15-2-1-11-31-13-15)17-5-9-19(10-6-17)24(28,29)30/h1-11,13-14H,12H2. The lowest BCUT2D eigenvalue weighted by Crippen LogP contribution is -2.04. The number of rotatable bonds is 4. The molecule has 2 aromatic carbocycles. The molecule has 0 N–H and O–H groups in total. The maximum atomic E-state index is 12.9. The van der Waals surface area contributed by atoms with Crippen LogP contribution in [0.1, 0.15) is 22.3 Å². The van der Waals surface area contributed by atoms with Crippen LogP contribution in [0.15, 0.2) is 78.4 Å².